The number of hydrogen-bond donors (Lipinski definition) is 1. The molecule has 0 saturated heterocycles. The minimum absolute atomic E-state index is 0.0761. The Morgan fingerprint density at radius 1 is 1.21 bits per heavy atom. The summed E-state index contributed by atoms with van der Waals surface area (Å²) >= 11 is 0. The number of rotatable bonds is 6. The average molecular weight is 263 g/mol. The second-order valence-electron chi connectivity index (χ2n) is 4.23. The van der Waals surface area contributed by atoms with E-state index in [0.29, 0.717) is 23.9 Å². The molecule has 19 heavy (non-hydrogen) atoms. The molecule has 1 aromatic carbocycles. The average Bonchev–Trinajstić information content (AvgIpc) is 2.38. The Morgan fingerprint density at radius 3 is 2.21 bits per heavy atom. The van der Waals surface area contributed by atoms with Gasteiger partial charge in [0, 0.05) is 6.04 Å². The molecule has 0 spiro atoms. The van der Waals surface area contributed by atoms with E-state index in [1.54, 1.807) is 21.1 Å². The maximum atomic E-state index is 5.81. The lowest BCUT2D eigenvalue weighted by Gasteiger charge is -2.15. The minimum atomic E-state index is 0.0761. The van der Waals surface area contributed by atoms with E-state index in [4.69, 9.17) is 19.9 Å². The number of benzene rings is 1. The van der Waals surface area contributed by atoms with Crippen molar-refractivity contribution in [2.24, 2.45) is 5.73 Å². The van der Waals surface area contributed by atoms with Crippen LogP contribution >= 0.6 is 0 Å². The van der Waals surface area contributed by atoms with Gasteiger partial charge in [-0.05, 0) is 38.0 Å². The Hall–Kier alpha value is -1.86. The van der Waals surface area contributed by atoms with Crippen LogP contribution in [0.1, 0.15) is 19.4 Å². The van der Waals surface area contributed by atoms with Gasteiger partial charge in [-0.25, -0.2) is 0 Å². The van der Waals surface area contributed by atoms with Gasteiger partial charge in [0.15, 0.2) is 11.5 Å². The molecule has 4 heteroatoms. The monoisotopic (exact) mass is 263 g/mol. The number of methoxy groups -OCH3 is 2. The van der Waals surface area contributed by atoms with Crippen LogP contribution in [0.25, 0.3) is 0 Å². The van der Waals surface area contributed by atoms with Gasteiger partial charge in [0.1, 0.15) is 6.61 Å². The predicted octanol–water partition coefficient (Wildman–Crippen LogP) is 2.00. The zero-order valence-corrected chi connectivity index (χ0v) is 11.9. The van der Waals surface area contributed by atoms with Crippen LogP contribution in [0.3, 0.4) is 0 Å². The van der Waals surface area contributed by atoms with Gasteiger partial charge in [-0.2, -0.15) is 0 Å². The maximum absolute atomic E-state index is 5.81. The van der Waals surface area contributed by atoms with E-state index >= 15 is 0 Å². The van der Waals surface area contributed by atoms with Crippen molar-refractivity contribution in [3.05, 3.63) is 17.7 Å². The Morgan fingerprint density at radius 2 is 1.79 bits per heavy atom. The van der Waals surface area contributed by atoms with Gasteiger partial charge in [0.05, 0.1) is 14.2 Å². The van der Waals surface area contributed by atoms with Crippen LogP contribution in [0.4, 0.5) is 0 Å². The smallest absolute Gasteiger partial charge is 0.204 e. The molecule has 0 heterocycles. The van der Waals surface area contributed by atoms with Gasteiger partial charge < -0.3 is 19.9 Å². The van der Waals surface area contributed by atoms with E-state index in [2.05, 4.69) is 11.8 Å². The van der Waals surface area contributed by atoms with Crippen LogP contribution in [0.5, 0.6) is 17.2 Å². The zero-order valence-electron chi connectivity index (χ0n) is 11.9. The van der Waals surface area contributed by atoms with Gasteiger partial charge in [0.2, 0.25) is 5.75 Å². The minimum Gasteiger partial charge on any atom is -0.493 e. The van der Waals surface area contributed by atoms with Crippen molar-refractivity contribution in [2.75, 3.05) is 20.8 Å². The van der Waals surface area contributed by atoms with Gasteiger partial charge >= 0.3 is 0 Å². The topological polar surface area (TPSA) is 53.7 Å². The third-order valence-corrected chi connectivity index (χ3v) is 2.54. The molecule has 1 atom stereocenters. The summed E-state index contributed by atoms with van der Waals surface area (Å²) in [4.78, 5) is 0. The highest BCUT2D eigenvalue weighted by Crippen LogP contribution is 2.38. The van der Waals surface area contributed by atoms with Crippen molar-refractivity contribution in [3.63, 3.8) is 0 Å². The molecule has 0 aliphatic carbocycles. The van der Waals surface area contributed by atoms with Crippen LogP contribution in [0, 0.1) is 11.8 Å². The first-order chi connectivity index (χ1) is 9.12. The number of hydrogen-bond acceptors (Lipinski definition) is 4. The van der Waals surface area contributed by atoms with Crippen LogP contribution < -0.4 is 19.9 Å². The van der Waals surface area contributed by atoms with Crippen LogP contribution in [-0.4, -0.2) is 26.9 Å². The largest absolute Gasteiger partial charge is 0.493 e. The third kappa shape index (κ3) is 4.38. The third-order valence-electron chi connectivity index (χ3n) is 2.54. The van der Waals surface area contributed by atoms with E-state index in [0.717, 1.165) is 12.0 Å². The van der Waals surface area contributed by atoms with Crippen molar-refractivity contribution in [1.82, 2.24) is 0 Å². The maximum Gasteiger partial charge on any atom is 0.204 e. The standard InChI is InChI=1S/C15H21NO3/c1-5-6-7-19-15-13(17-3)9-12(8-11(2)16)10-14(15)18-4/h9-11H,7-8,16H2,1-4H3. The molecule has 0 aliphatic heterocycles. The molecule has 2 N–H and O–H groups in total. The molecule has 1 aromatic rings. The number of ether oxygens (including phenoxy) is 3. The SMILES string of the molecule is CC#CCOc1c(OC)cc(CC(C)N)cc1OC. The summed E-state index contributed by atoms with van der Waals surface area (Å²) in [6.45, 7) is 4.03. The lowest BCUT2D eigenvalue weighted by atomic mass is 10.1. The molecule has 0 fully saturated rings. The Kier molecular flexibility index (Phi) is 6.04. The van der Waals surface area contributed by atoms with Crippen molar-refractivity contribution in [2.45, 2.75) is 26.3 Å². The number of nitrogens with two attached hydrogens (primary N) is 1. The van der Waals surface area contributed by atoms with Crippen molar-refractivity contribution >= 4 is 0 Å². The highest BCUT2D eigenvalue weighted by molar-refractivity contribution is 5.54. The first-order valence-electron chi connectivity index (χ1n) is 6.15. The molecule has 0 radical (unpaired) electrons. The summed E-state index contributed by atoms with van der Waals surface area (Å²) in [6.07, 6.45) is 0.752. The molecular formula is C15H21NO3. The molecule has 0 amide bonds. The molecule has 0 aromatic heterocycles. The first kappa shape index (κ1) is 15.2. The predicted molar refractivity (Wildman–Crippen MR) is 75.8 cm³/mol. The summed E-state index contributed by atoms with van der Waals surface area (Å²) in [6, 6.07) is 3.91. The fraction of sp³-hybridized carbons (Fsp3) is 0.467. The van der Waals surface area contributed by atoms with Gasteiger partial charge in [-0.15, -0.1) is 5.92 Å². The van der Waals surface area contributed by atoms with E-state index < -0.39 is 0 Å². The molecule has 0 bridgehead atoms. The second kappa shape index (κ2) is 7.55. The summed E-state index contributed by atoms with van der Waals surface area (Å²) in [5, 5.41) is 0. The normalized spacial score (nSPS) is 11.2. The van der Waals surface area contributed by atoms with Crippen LogP contribution in [0.15, 0.2) is 12.1 Å². The van der Waals surface area contributed by atoms with E-state index in [9.17, 15) is 0 Å². The summed E-state index contributed by atoms with van der Waals surface area (Å²) in [5.41, 5.74) is 6.87. The molecule has 0 saturated carbocycles. The highest BCUT2D eigenvalue weighted by atomic mass is 16.5. The summed E-state index contributed by atoms with van der Waals surface area (Å²) in [7, 11) is 3.20. The Bertz CT molecular complexity index is 447. The fourth-order valence-electron chi connectivity index (χ4n) is 1.75. The zero-order chi connectivity index (χ0) is 14.3. The van der Waals surface area contributed by atoms with Gasteiger partial charge in [-0.1, -0.05) is 5.92 Å². The van der Waals surface area contributed by atoms with Crippen LogP contribution in [-0.2, 0) is 6.42 Å². The molecule has 1 rings (SSSR count). The fourth-order valence-corrected chi connectivity index (χ4v) is 1.75. The van der Waals surface area contributed by atoms with E-state index in [1.807, 2.05) is 19.1 Å². The van der Waals surface area contributed by atoms with Crippen molar-refractivity contribution in [3.8, 4) is 29.1 Å². The molecule has 104 valence electrons. The Balaban J connectivity index is 3.08. The highest BCUT2D eigenvalue weighted by Gasteiger charge is 2.14. The molecule has 1 unspecified atom stereocenters. The lowest BCUT2D eigenvalue weighted by Crippen LogP contribution is -2.17. The van der Waals surface area contributed by atoms with Gasteiger partial charge in [0.25, 0.3) is 0 Å². The lowest BCUT2D eigenvalue weighted by molar-refractivity contribution is 0.304. The quantitative estimate of drug-likeness (QED) is 0.798. The molecule has 0 aliphatic rings. The van der Waals surface area contributed by atoms with Crippen molar-refractivity contribution < 1.29 is 14.2 Å². The second-order valence-corrected chi connectivity index (χ2v) is 4.23. The molecule has 4 nitrogen and oxygen atoms in total. The van der Waals surface area contributed by atoms with Crippen LogP contribution in [0.2, 0.25) is 0 Å². The van der Waals surface area contributed by atoms with Crippen molar-refractivity contribution in [1.29, 1.82) is 0 Å². The van der Waals surface area contributed by atoms with E-state index in [-0.39, 0.29) is 6.04 Å². The molecular weight excluding hydrogens is 242 g/mol. The Labute approximate surface area is 114 Å². The summed E-state index contributed by atoms with van der Waals surface area (Å²) in [5.74, 6) is 7.46. The van der Waals surface area contributed by atoms with Gasteiger partial charge in [-0.3, -0.25) is 0 Å². The summed E-state index contributed by atoms with van der Waals surface area (Å²) < 4.78 is 16.3. The first-order valence-corrected chi connectivity index (χ1v) is 6.15. The van der Waals surface area contributed by atoms with E-state index in [1.165, 1.54) is 0 Å².